The molecular formula is C8H10ClNO. The van der Waals surface area contributed by atoms with Gasteiger partial charge in [-0.1, -0.05) is 17.7 Å². The lowest BCUT2D eigenvalue weighted by molar-refractivity contribution is 0.282. The lowest BCUT2D eigenvalue weighted by Gasteiger charge is -2.04. The van der Waals surface area contributed by atoms with Crippen LogP contribution in [0.4, 0.5) is 5.69 Å². The number of halogens is 1. The topological polar surface area (TPSA) is 32.3 Å². The lowest BCUT2D eigenvalue weighted by Crippen LogP contribution is -1.91. The number of nitrogens with one attached hydrogen (secondary N) is 1. The van der Waals surface area contributed by atoms with Crippen LogP contribution in [0.3, 0.4) is 0 Å². The van der Waals surface area contributed by atoms with Crippen molar-refractivity contribution in [1.29, 1.82) is 0 Å². The van der Waals surface area contributed by atoms with Crippen molar-refractivity contribution in [2.75, 3.05) is 12.4 Å². The number of benzene rings is 1. The smallest absolute Gasteiger partial charge is 0.0682 e. The molecule has 0 saturated carbocycles. The van der Waals surface area contributed by atoms with E-state index in [1.165, 1.54) is 0 Å². The standard InChI is InChI=1S/C8H10ClNO/c1-10-8-4-6(5-11)2-3-7(8)9/h2-4,10-11H,5H2,1H3. The van der Waals surface area contributed by atoms with Crippen molar-refractivity contribution in [2.24, 2.45) is 0 Å². The minimum absolute atomic E-state index is 0.0475. The van der Waals surface area contributed by atoms with Gasteiger partial charge in [0.05, 0.1) is 17.3 Å². The maximum atomic E-state index is 8.78. The number of hydrogen-bond acceptors (Lipinski definition) is 2. The van der Waals surface area contributed by atoms with E-state index in [-0.39, 0.29) is 6.61 Å². The van der Waals surface area contributed by atoms with Crippen LogP contribution in [0.2, 0.25) is 5.02 Å². The summed E-state index contributed by atoms with van der Waals surface area (Å²) in [4.78, 5) is 0. The predicted octanol–water partition coefficient (Wildman–Crippen LogP) is 1.87. The Balaban J connectivity index is 3.02. The summed E-state index contributed by atoms with van der Waals surface area (Å²) in [6.07, 6.45) is 0. The van der Waals surface area contributed by atoms with Gasteiger partial charge >= 0.3 is 0 Å². The second kappa shape index (κ2) is 3.60. The first-order valence-electron chi connectivity index (χ1n) is 3.35. The molecule has 0 aliphatic rings. The number of aliphatic hydroxyl groups excluding tert-OH is 1. The van der Waals surface area contributed by atoms with Gasteiger partial charge in [0.25, 0.3) is 0 Å². The molecule has 0 aromatic heterocycles. The highest BCUT2D eigenvalue weighted by atomic mass is 35.5. The molecule has 0 amide bonds. The first kappa shape index (κ1) is 8.37. The highest BCUT2D eigenvalue weighted by Crippen LogP contribution is 2.22. The van der Waals surface area contributed by atoms with Crippen molar-refractivity contribution in [3.05, 3.63) is 28.8 Å². The third kappa shape index (κ3) is 1.85. The van der Waals surface area contributed by atoms with E-state index < -0.39 is 0 Å². The van der Waals surface area contributed by atoms with E-state index >= 15 is 0 Å². The van der Waals surface area contributed by atoms with Gasteiger partial charge in [-0.05, 0) is 17.7 Å². The Labute approximate surface area is 70.8 Å². The van der Waals surface area contributed by atoms with E-state index in [4.69, 9.17) is 16.7 Å². The zero-order valence-electron chi connectivity index (χ0n) is 6.26. The third-order valence-electron chi connectivity index (χ3n) is 1.48. The summed E-state index contributed by atoms with van der Waals surface area (Å²) in [5.74, 6) is 0. The molecule has 0 fully saturated rings. The molecule has 1 aromatic carbocycles. The molecule has 0 bridgehead atoms. The summed E-state index contributed by atoms with van der Waals surface area (Å²) in [6.45, 7) is 0.0475. The summed E-state index contributed by atoms with van der Waals surface area (Å²) >= 11 is 5.81. The number of hydrogen-bond donors (Lipinski definition) is 2. The maximum Gasteiger partial charge on any atom is 0.0682 e. The van der Waals surface area contributed by atoms with Gasteiger partial charge in [0.15, 0.2) is 0 Å². The Morgan fingerprint density at radius 3 is 2.82 bits per heavy atom. The minimum Gasteiger partial charge on any atom is -0.392 e. The minimum atomic E-state index is 0.0475. The van der Waals surface area contributed by atoms with Crippen LogP contribution in [-0.2, 0) is 6.61 Å². The SMILES string of the molecule is CNc1cc(CO)ccc1Cl. The average Bonchev–Trinajstić information content (AvgIpc) is 2.05. The maximum absolute atomic E-state index is 8.78. The van der Waals surface area contributed by atoms with Crippen molar-refractivity contribution >= 4 is 17.3 Å². The molecule has 60 valence electrons. The molecule has 3 heteroatoms. The molecule has 0 radical (unpaired) electrons. The molecule has 0 unspecified atom stereocenters. The van der Waals surface area contributed by atoms with Crippen molar-refractivity contribution in [3.63, 3.8) is 0 Å². The highest BCUT2D eigenvalue weighted by molar-refractivity contribution is 6.33. The average molecular weight is 172 g/mol. The number of aliphatic hydroxyl groups is 1. The quantitative estimate of drug-likeness (QED) is 0.712. The van der Waals surface area contributed by atoms with E-state index in [1.807, 2.05) is 6.07 Å². The normalized spacial score (nSPS) is 9.73. The summed E-state index contributed by atoms with van der Waals surface area (Å²) in [7, 11) is 1.79. The lowest BCUT2D eigenvalue weighted by atomic mass is 10.2. The van der Waals surface area contributed by atoms with Crippen LogP contribution in [-0.4, -0.2) is 12.2 Å². The van der Waals surface area contributed by atoms with Crippen LogP contribution in [0.15, 0.2) is 18.2 Å². The molecule has 2 nitrogen and oxygen atoms in total. The third-order valence-corrected chi connectivity index (χ3v) is 1.81. The summed E-state index contributed by atoms with van der Waals surface area (Å²) < 4.78 is 0. The molecule has 0 atom stereocenters. The second-order valence-corrected chi connectivity index (χ2v) is 2.63. The van der Waals surface area contributed by atoms with Gasteiger partial charge in [0.1, 0.15) is 0 Å². The molecule has 0 spiro atoms. The van der Waals surface area contributed by atoms with Crippen LogP contribution >= 0.6 is 11.6 Å². The van der Waals surface area contributed by atoms with Gasteiger partial charge in [-0.15, -0.1) is 0 Å². The molecule has 0 saturated heterocycles. The largest absolute Gasteiger partial charge is 0.392 e. The monoisotopic (exact) mass is 171 g/mol. The predicted molar refractivity (Wildman–Crippen MR) is 46.9 cm³/mol. The van der Waals surface area contributed by atoms with E-state index in [9.17, 15) is 0 Å². The van der Waals surface area contributed by atoms with E-state index in [0.29, 0.717) is 5.02 Å². The van der Waals surface area contributed by atoms with Crippen molar-refractivity contribution in [3.8, 4) is 0 Å². The second-order valence-electron chi connectivity index (χ2n) is 2.22. The Hall–Kier alpha value is -0.730. The Morgan fingerprint density at radius 1 is 1.55 bits per heavy atom. The van der Waals surface area contributed by atoms with Crippen LogP contribution in [0.5, 0.6) is 0 Å². The Morgan fingerprint density at radius 2 is 2.27 bits per heavy atom. The highest BCUT2D eigenvalue weighted by Gasteiger charge is 1.97. The molecule has 0 aliphatic heterocycles. The molecule has 2 N–H and O–H groups in total. The first-order chi connectivity index (χ1) is 5.27. The van der Waals surface area contributed by atoms with Crippen LogP contribution in [0.25, 0.3) is 0 Å². The fourth-order valence-corrected chi connectivity index (χ4v) is 1.07. The Kier molecular flexibility index (Phi) is 2.74. The van der Waals surface area contributed by atoms with Gasteiger partial charge in [-0.2, -0.15) is 0 Å². The van der Waals surface area contributed by atoms with Crippen LogP contribution in [0, 0.1) is 0 Å². The van der Waals surface area contributed by atoms with E-state index in [1.54, 1.807) is 19.2 Å². The summed E-state index contributed by atoms with van der Waals surface area (Å²) in [5, 5.41) is 12.4. The van der Waals surface area contributed by atoms with Gasteiger partial charge in [-0.3, -0.25) is 0 Å². The molecule has 1 rings (SSSR count). The van der Waals surface area contributed by atoms with E-state index in [0.717, 1.165) is 11.3 Å². The molecule has 0 aliphatic carbocycles. The Bertz CT molecular complexity index is 250. The summed E-state index contributed by atoms with van der Waals surface area (Å²) in [5.41, 5.74) is 1.71. The first-order valence-corrected chi connectivity index (χ1v) is 3.72. The van der Waals surface area contributed by atoms with Crippen LogP contribution in [0.1, 0.15) is 5.56 Å². The number of anilines is 1. The fourth-order valence-electron chi connectivity index (χ4n) is 0.862. The number of rotatable bonds is 2. The van der Waals surface area contributed by atoms with Gasteiger partial charge in [0, 0.05) is 7.05 Å². The van der Waals surface area contributed by atoms with E-state index in [2.05, 4.69) is 5.32 Å². The van der Waals surface area contributed by atoms with Crippen molar-refractivity contribution < 1.29 is 5.11 Å². The fraction of sp³-hybridized carbons (Fsp3) is 0.250. The molecule has 11 heavy (non-hydrogen) atoms. The van der Waals surface area contributed by atoms with Crippen LogP contribution < -0.4 is 5.32 Å². The zero-order valence-corrected chi connectivity index (χ0v) is 7.02. The molecule has 0 heterocycles. The van der Waals surface area contributed by atoms with Gasteiger partial charge in [-0.25, -0.2) is 0 Å². The zero-order chi connectivity index (χ0) is 8.27. The van der Waals surface area contributed by atoms with Crippen molar-refractivity contribution in [1.82, 2.24) is 0 Å². The molecular weight excluding hydrogens is 162 g/mol. The molecule has 1 aromatic rings. The van der Waals surface area contributed by atoms with Crippen molar-refractivity contribution in [2.45, 2.75) is 6.61 Å². The summed E-state index contributed by atoms with van der Waals surface area (Å²) in [6, 6.07) is 5.38. The van der Waals surface area contributed by atoms with Gasteiger partial charge < -0.3 is 10.4 Å². The van der Waals surface area contributed by atoms with Gasteiger partial charge in [0.2, 0.25) is 0 Å².